The van der Waals surface area contributed by atoms with Gasteiger partial charge in [-0.2, -0.15) is 0 Å². The first kappa shape index (κ1) is 12.2. The SMILES string of the molecule is O=C(Nc1ncccc1F)[C@@H]1CSc2ccccc21. The molecule has 1 N–H and O–H groups in total. The average Bonchev–Trinajstić information content (AvgIpc) is 2.85. The lowest BCUT2D eigenvalue weighted by atomic mass is 10.0. The summed E-state index contributed by atoms with van der Waals surface area (Å²) in [6.45, 7) is 0. The fourth-order valence-corrected chi connectivity index (χ4v) is 3.29. The maximum Gasteiger partial charge on any atom is 0.234 e. The Morgan fingerprint density at radius 2 is 2.16 bits per heavy atom. The summed E-state index contributed by atoms with van der Waals surface area (Å²) in [5.74, 6) is -0.311. The molecule has 1 aliphatic rings. The number of amides is 1. The zero-order valence-electron chi connectivity index (χ0n) is 9.97. The van der Waals surface area contributed by atoms with E-state index in [1.807, 2.05) is 24.3 Å². The van der Waals surface area contributed by atoms with E-state index >= 15 is 0 Å². The number of aromatic nitrogens is 1. The Balaban J connectivity index is 1.81. The molecule has 0 fully saturated rings. The topological polar surface area (TPSA) is 42.0 Å². The van der Waals surface area contributed by atoms with Crippen LogP contribution in [-0.4, -0.2) is 16.6 Å². The van der Waals surface area contributed by atoms with Crippen LogP contribution >= 0.6 is 11.8 Å². The number of thioether (sulfide) groups is 1. The van der Waals surface area contributed by atoms with Gasteiger partial charge in [0.2, 0.25) is 5.91 Å². The summed E-state index contributed by atoms with van der Waals surface area (Å²) in [5, 5.41) is 2.55. The lowest BCUT2D eigenvalue weighted by Gasteiger charge is -2.11. The maximum atomic E-state index is 13.5. The smallest absolute Gasteiger partial charge is 0.234 e. The highest BCUT2D eigenvalue weighted by atomic mass is 32.2. The van der Waals surface area contributed by atoms with Gasteiger partial charge in [0.05, 0.1) is 5.92 Å². The molecule has 0 bridgehead atoms. The van der Waals surface area contributed by atoms with Crippen molar-refractivity contribution in [3.63, 3.8) is 0 Å². The van der Waals surface area contributed by atoms with Crippen molar-refractivity contribution in [3.8, 4) is 0 Å². The molecular formula is C14H11FN2OS. The second-order valence-corrected chi connectivity index (χ2v) is 5.29. The van der Waals surface area contributed by atoms with Crippen molar-refractivity contribution in [1.29, 1.82) is 0 Å². The molecule has 0 saturated heterocycles. The van der Waals surface area contributed by atoms with Gasteiger partial charge in [0.25, 0.3) is 0 Å². The Hall–Kier alpha value is -1.88. The molecule has 0 radical (unpaired) electrons. The normalized spacial score (nSPS) is 17.0. The van der Waals surface area contributed by atoms with E-state index in [0.717, 1.165) is 10.5 Å². The minimum Gasteiger partial charge on any atom is -0.308 e. The van der Waals surface area contributed by atoms with Gasteiger partial charge >= 0.3 is 0 Å². The summed E-state index contributed by atoms with van der Waals surface area (Å²) in [6, 6.07) is 10.6. The summed E-state index contributed by atoms with van der Waals surface area (Å²) < 4.78 is 13.5. The Bertz CT molecular complexity index is 632. The third-order valence-corrected chi connectivity index (χ3v) is 4.20. The second-order valence-electron chi connectivity index (χ2n) is 4.22. The number of rotatable bonds is 2. The number of nitrogens with zero attached hydrogens (tertiary/aromatic N) is 1. The molecule has 1 atom stereocenters. The van der Waals surface area contributed by atoms with Crippen molar-refractivity contribution in [3.05, 3.63) is 54.0 Å². The third-order valence-electron chi connectivity index (χ3n) is 3.02. The van der Waals surface area contributed by atoms with E-state index in [0.29, 0.717) is 5.75 Å². The summed E-state index contributed by atoms with van der Waals surface area (Å²) in [5.41, 5.74) is 1.00. The van der Waals surface area contributed by atoms with Gasteiger partial charge in [-0.15, -0.1) is 11.8 Å². The molecule has 2 heterocycles. The first-order chi connectivity index (χ1) is 9.25. The van der Waals surface area contributed by atoms with Gasteiger partial charge < -0.3 is 5.32 Å². The van der Waals surface area contributed by atoms with Gasteiger partial charge in [0.15, 0.2) is 11.6 Å². The first-order valence-corrected chi connectivity index (χ1v) is 6.87. The van der Waals surface area contributed by atoms with Crippen LogP contribution in [0.5, 0.6) is 0 Å². The van der Waals surface area contributed by atoms with E-state index in [-0.39, 0.29) is 17.6 Å². The van der Waals surface area contributed by atoms with Gasteiger partial charge in [-0.3, -0.25) is 4.79 Å². The van der Waals surface area contributed by atoms with Crippen molar-refractivity contribution in [1.82, 2.24) is 4.98 Å². The van der Waals surface area contributed by atoms with Gasteiger partial charge in [-0.25, -0.2) is 9.37 Å². The second kappa shape index (κ2) is 5.01. The van der Waals surface area contributed by atoms with Crippen LogP contribution in [0.25, 0.3) is 0 Å². The average molecular weight is 274 g/mol. The van der Waals surface area contributed by atoms with E-state index in [1.165, 1.54) is 18.3 Å². The molecule has 2 aromatic rings. The van der Waals surface area contributed by atoms with Gasteiger partial charge in [-0.1, -0.05) is 18.2 Å². The van der Waals surface area contributed by atoms with E-state index in [9.17, 15) is 9.18 Å². The fraction of sp³-hybridized carbons (Fsp3) is 0.143. The number of carbonyl (C=O) groups is 1. The van der Waals surface area contributed by atoms with E-state index in [2.05, 4.69) is 10.3 Å². The summed E-state index contributed by atoms with van der Waals surface area (Å²) in [7, 11) is 0. The highest BCUT2D eigenvalue weighted by Gasteiger charge is 2.29. The Labute approximate surface area is 114 Å². The molecule has 1 aromatic heterocycles. The minimum absolute atomic E-state index is 0.0121. The van der Waals surface area contributed by atoms with Gasteiger partial charge in [0, 0.05) is 16.8 Å². The lowest BCUT2D eigenvalue weighted by molar-refractivity contribution is -0.117. The number of anilines is 1. The van der Waals surface area contributed by atoms with Gasteiger partial charge in [0.1, 0.15) is 0 Å². The molecular weight excluding hydrogens is 263 g/mol. The van der Waals surface area contributed by atoms with Crippen LogP contribution in [0.4, 0.5) is 10.2 Å². The molecule has 0 aliphatic carbocycles. The monoisotopic (exact) mass is 274 g/mol. The number of benzene rings is 1. The van der Waals surface area contributed by atoms with Crippen molar-refractivity contribution in [2.24, 2.45) is 0 Å². The summed E-state index contributed by atoms with van der Waals surface area (Å²) in [4.78, 5) is 17.1. The standard InChI is InChI=1S/C14H11FN2OS/c15-11-5-3-7-16-13(11)17-14(18)10-8-19-12-6-2-1-4-9(10)12/h1-7,10H,8H2,(H,16,17,18)/t10-/m1/s1. The molecule has 1 amide bonds. The number of hydrogen-bond acceptors (Lipinski definition) is 3. The predicted octanol–water partition coefficient (Wildman–Crippen LogP) is 3.05. The van der Waals surface area contributed by atoms with E-state index < -0.39 is 5.82 Å². The Morgan fingerprint density at radius 3 is 3.00 bits per heavy atom. The number of nitrogens with one attached hydrogen (secondary N) is 1. The molecule has 1 aromatic carbocycles. The maximum absolute atomic E-state index is 13.5. The predicted molar refractivity (Wildman–Crippen MR) is 72.7 cm³/mol. The molecule has 96 valence electrons. The molecule has 3 nitrogen and oxygen atoms in total. The van der Waals surface area contributed by atoms with Crippen molar-refractivity contribution < 1.29 is 9.18 Å². The summed E-state index contributed by atoms with van der Waals surface area (Å²) in [6.07, 6.45) is 1.45. The fourth-order valence-electron chi connectivity index (χ4n) is 2.06. The van der Waals surface area contributed by atoms with Gasteiger partial charge in [-0.05, 0) is 23.8 Å². The zero-order chi connectivity index (χ0) is 13.2. The molecule has 0 saturated carbocycles. The molecule has 1 aliphatic heterocycles. The van der Waals surface area contributed by atoms with Crippen molar-refractivity contribution >= 4 is 23.5 Å². The number of fused-ring (bicyclic) bond motifs is 1. The lowest BCUT2D eigenvalue weighted by Crippen LogP contribution is -2.22. The number of hydrogen-bond donors (Lipinski definition) is 1. The van der Waals surface area contributed by atoms with Crippen LogP contribution in [0.15, 0.2) is 47.5 Å². The third kappa shape index (κ3) is 2.33. The number of carbonyl (C=O) groups excluding carboxylic acids is 1. The van der Waals surface area contributed by atoms with Crippen LogP contribution in [0, 0.1) is 5.82 Å². The first-order valence-electron chi connectivity index (χ1n) is 5.89. The number of pyridine rings is 1. The van der Waals surface area contributed by atoms with Crippen LogP contribution in [0.3, 0.4) is 0 Å². The number of halogens is 1. The highest BCUT2D eigenvalue weighted by Crippen LogP contribution is 2.39. The highest BCUT2D eigenvalue weighted by molar-refractivity contribution is 7.99. The Morgan fingerprint density at radius 1 is 1.32 bits per heavy atom. The van der Waals surface area contributed by atoms with Crippen molar-refractivity contribution in [2.75, 3.05) is 11.1 Å². The molecule has 19 heavy (non-hydrogen) atoms. The van der Waals surface area contributed by atoms with Crippen LogP contribution in [0.2, 0.25) is 0 Å². The zero-order valence-corrected chi connectivity index (χ0v) is 10.8. The van der Waals surface area contributed by atoms with E-state index in [4.69, 9.17) is 0 Å². The molecule has 0 spiro atoms. The van der Waals surface area contributed by atoms with Crippen molar-refractivity contribution in [2.45, 2.75) is 10.8 Å². The largest absolute Gasteiger partial charge is 0.308 e. The van der Waals surface area contributed by atoms with Crippen LogP contribution < -0.4 is 5.32 Å². The minimum atomic E-state index is -0.519. The van der Waals surface area contributed by atoms with E-state index in [1.54, 1.807) is 11.8 Å². The summed E-state index contributed by atoms with van der Waals surface area (Å²) >= 11 is 1.64. The molecule has 0 unspecified atom stereocenters. The van der Waals surface area contributed by atoms with Crippen LogP contribution in [0.1, 0.15) is 11.5 Å². The molecule has 3 rings (SSSR count). The quantitative estimate of drug-likeness (QED) is 0.915. The van der Waals surface area contributed by atoms with Crippen LogP contribution in [-0.2, 0) is 4.79 Å². The Kier molecular flexibility index (Phi) is 3.21. The molecule has 5 heteroatoms.